The highest BCUT2D eigenvalue weighted by molar-refractivity contribution is 5.96. The monoisotopic (exact) mass is 359 g/mol. The van der Waals surface area contributed by atoms with Crippen LogP contribution in [0.15, 0.2) is 48.5 Å². The van der Waals surface area contributed by atoms with Gasteiger partial charge in [0.05, 0.1) is 5.52 Å². The molecule has 4 rings (SSSR count). The van der Waals surface area contributed by atoms with Crippen LogP contribution >= 0.6 is 0 Å². The molecule has 0 fully saturated rings. The summed E-state index contributed by atoms with van der Waals surface area (Å²) in [5.41, 5.74) is 4.16. The number of carbonyl (C=O) groups is 1. The summed E-state index contributed by atoms with van der Waals surface area (Å²) < 4.78 is 6.40. The van der Waals surface area contributed by atoms with Gasteiger partial charge >= 0.3 is 0 Å². The molecular weight excluding hydrogens is 334 g/mol. The number of fused-ring (bicyclic) bond motifs is 2. The van der Waals surface area contributed by atoms with Crippen LogP contribution in [-0.2, 0) is 12.8 Å². The van der Waals surface area contributed by atoms with Crippen molar-refractivity contribution < 1.29 is 9.53 Å². The lowest BCUT2D eigenvalue weighted by Crippen LogP contribution is -2.06. The second-order valence-corrected chi connectivity index (χ2v) is 7.20. The molecule has 0 N–H and O–H groups in total. The molecule has 0 saturated carbocycles. The van der Waals surface area contributed by atoms with Crippen LogP contribution in [0, 0.1) is 0 Å². The highest BCUT2D eigenvalue weighted by Gasteiger charge is 2.18. The van der Waals surface area contributed by atoms with Gasteiger partial charge in [0.2, 0.25) is 0 Å². The predicted molar refractivity (Wildman–Crippen MR) is 109 cm³/mol. The third kappa shape index (κ3) is 3.73. The Hall–Kier alpha value is -2.68. The Balaban J connectivity index is 1.77. The third-order valence-corrected chi connectivity index (χ3v) is 5.33. The topological polar surface area (TPSA) is 39.2 Å². The minimum absolute atomic E-state index is 0.154. The summed E-state index contributed by atoms with van der Waals surface area (Å²) in [5.74, 6) is 1.86. The summed E-state index contributed by atoms with van der Waals surface area (Å²) in [5, 5.41) is 1.06. The van der Waals surface area contributed by atoms with E-state index in [4.69, 9.17) is 9.72 Å². The van der Waals surface area contributed by atoms with Crippen molar-refractivity contribution in [2.45, 2.75) is 51.9 Å². The third-order valence-electron chi connectivity index (χ3n) is 5.33. The molecule has 3 aromatic rings. The van der Waals surface area contributed by atoms with Crippen molar-refractivity contribution in [2.24, 2.45) is 0 Å². The number of rotatable bonds is 4. The van der Waals surface area contributed by atoms with Gasteiger partial charge in [0.25, 0.3) is 0 Å². The standard InChI is InChI=1S/C24H25NO2/c1-2-23(26)17-13-15-18(16-14-17)27-24-19-9-5-3-4-6-11-21(19)25-22-12-8-7-10-20(22)24/h7-8,10,12-16H,2-6,9,11H2,1H3. The average Bonchev–Trinajstić information content (AvgIpc) is 2.69. The first-order valence-corrected chi connectivity index (χ1v) is 9.98. The Morgan fingerprint density at radius 2 is 1.70 bits per heavy atom. The van der Waals surface area contributed by atoms with E-state index >= 15 is 0 Å². The highest BCUT2D eigenvalue weighted by atomic mass is 16.5. The van der Waals surface area contributed by atoms with Gasteiger partial charge in [-0.25, -0.2) is 0 Å². The van der Waals surface area contributed by atoms with Crippen molar-refractivity contribution in [1.82, 2.24) is 4.98 Å². The zero-order valence-electron chi connectivity index (χ0n) is 15.8. The molecule has 0 radical (unpaired) electrons. The van der Waals surface area contributed by atoms with Gasteiger partial charge in [0, 0.05) is 28.6 Å². The molecule has 3 heteroatoms. The number of aryl methyl sites for hydroxylation is 1. The number of para-hydroxylation sites is 1. The predicted octanol–water partition coefficient (Wildman–Crippen LogP) is 6.28. The fourth-order valence-corrected chi connectivity index (χ4v) is 3.83. The van der Waals surface area contributed by atoms with E-state index in [1.807, 2.05) is 43.3 Å². The van der Waals surface area contributed by atoms with E-state index in [9.17, 15) is 4.79 Å². The summed E-state index contributed by atoms with van der Waals surface area (Å²) in [6.45, 7) is 1.88. The number of hydrogen-bond donors (Lipinski definition) is 0. The van der Waals surface area contributed by atoms with Crippen LogP contribution in [0.1, 0.15) is 60.6 Å². The number of hydrogen-bond acceptors (Lipinski definition) is 3. The van der Waals surface area contributed by atoms with E-state index in [0.717, 1.165) is 40.8 Å². The lowest BCUT2D eigenvalue weighted by Gasteiger charge is -2.19. The second kappa shape index (κ2) is 7.91. The van der Waals surface area contributed by atoms with Crippen molar-refractivity contribution in [3.8, 4) is 11.5 Å². The molecule has 0 bridgehead atoms. The number of aromatic nitrogens is 1. The van der Waals surface area contributed by atoms with Crippen molar-refractivity contribution in [2.75, 3.05) is 0 Å². The molecule has 27 heavy (non-hydrogen) atoms. The maximum atomic E-state index is 11.9. The molecule has 0 amide bonds. The van der Waals surface area contributed by atoms with Crippen LogP contribution in [-0.4, -0.2) is 10.8 Å². The Morgan fingerprint density at radius 1 is 0.963 bits per heavy atom. The molecule has 1 aliphatic carbocycles. The van der Waals surface area contributed by atoms with Crippen molar-refractivity contribution in [3.63, 3.8) is 0 Å². The van der Waals surface area contributed by atoms with Crippen LogP contribution in [0.4, 0.5) is 0 Å². The number of nitrogens with zero attached hydrogens (tertiary/aromatic N) is 1. The number of ketones is 1. The van der Waals surface area contributed by atoms with Crippen molar-refractivity contribution >= 4 is 16.7 Å². The normalized spacial score (nSPS) is 14.3. The number of carbonyl (C=O) groups excluding carboxylic acids is 1. The molecule has 1 heterocycles. The fraction of sp³-hybridized carbons (Fsp3) is 0.333. The lowest BCUT2D eigenvalue weighted by molar-refractivity contribution is 0.0988. The van der Waals surface area contributed by atoms with Gasteiger partial charge in [-0.2, -0.15) is 0 Å². The smallest absolute Gasteiger partial charge is 0.162 e. The molecule has 0 unspecified atom stereocenters. The quantitative estimate of drug-likeness (QED) is 0.515. The molecule has 0 atom stereocenters. The van der Waals surface area contributed by atoms with Gasteiger partial charge < -0.3 is 4.74 Å². The van der Waals surface area contributed by atoms with E-state index in [1.165, 1.54) is 36.9 Å². The number of benzene rings is 2. The zero-order chi connectivity index (χ0) is 18.6. The first kappa shape index (κ1) is 17.7. The van der Waals surface area contributed by atoms with Crippen LogP contribution in [0.25, 0.3) is 10.9 Å². The number of pyridine rings is 1. The van der Waals surface area contributed by atoms with E-state index in [2.05, 4.69) is 12.1 Å². The van der Waals surface area contributed by atoms with E-state index in [0.29, 0.717) is 6.42 Å². The SMILES string of the molecule is CCC(=O)c1ccc(Oc2c3c(nc4ccccc24)CCCCCC3)cc1. The Labute approximate surface area is 160 Å². The van der Waals surface area contributed by atoms with Gasteiger partial charge in [-0.15, -0.1) is 0 Å². The van der Waals surface area contributed by atoms with Gasteiger partial charge in [0.1, 0.15) is 11.5 Å². The number of ether oxygens (including phenoxy) is 1. The minimum atomic E-state index is 0.154. The maximum Gasteiger partial charge on any atom is 0.162 e. The average molecular weight is 359 g/mol. The highest BCUT2D eigenvalue weighted by Crippen LogP contribution is 2.37. The molecule has 1 aliphatic rings. The minimum Gasteiger partial charge on any atom is -0.456 e. The second-order valence-electron chi connectivity index (χ2n) is 7.20. The molecule has 138 valence electrons. The zero-order valence-corrected chi connectivity index (χ0v) is 15.8. The summed E-state index contributed by atoms with van der Waals surface area (Å²) in [6.07, 6.45) is 7.44. The largest absolute Gasteiger partial charge is 0.456 e. The lowest BCUT2D eigenvalue weighted by atomic mass is 9.95. The van der Waals surface area contributed by atoms with Crippen LogP contribution in [0.2, 0.25) is 0 Å². The molecule has 0 saturated heterocycles. The Bertz CT molecular complexity index is 960. The molecule has 2 aromatic carbocycles. The van der Waals surface area contributed by atoms with Crippen LogP contribution in [0.3, 0.4) is 0 Å². The van der Waals surface area contributed by atoms with Crippen LogP contribution < -0.4 is 4.74 Å². The van der Waals surface area contributed by atoms with Gasteiger partial charge in [-0.1, -0.05) is 31.9 Å². The number of Topliss-reactive ketones (excluding diaryl/α,β-unsaturated/α-hetero) is 1. The molecule has 0 spiro atoms. The van der Waals surface area contributed by atoms with Crippen LogP contribution in [0.5, 0.6) is 11.5 Å². The van der Waals surface area contributed by atoms with E-state index in [-0.39, 0.29) is 5.78 Å². The van der Waals surface area contributed by atoms with Gasteiger partial charge in [-0.3, -0.25) is 9.78 Å². The molecule has 3 nitrogen and oxygen atoms in total. The maximum absolute atomic E-state index is 11.9. The summed E-state index contributed by atoms with van der Waals surface area (Å²) in [4.78, 5) is 16.8. The summed E-state index contributed by atoms with van der Waals surface area (Å²) in [7, 11) is 0. The molecule has 1 aromatic heterocycles. The Kier molecular flexibility index (Phi) is 5.19. The van der Waals surface area contributed by atoms with E-state index in [1.54, 1.807) is 0 Å². The molecular formula is C24H25NO2. The summed E-state index contributed by atoms with van der Waals surface area (Å²) >= 11 is 0. The summed E-state index contributed by atoms with van der Waals surface area (Å²) in [6, 6.07) is 15.7. The van der Waals surface area contributed by atoms with E-state index < -0.39 is 0 Å². The Morgan fingerprint density at radius 3 is 2.48 bits per heavy atom. The fourth-order valence-electron chi connectivity index (χ4n) is 3.83. The van der Waals surface area contributed by atoms with Crippen molar-refractivity contribution in [1.29, 1.82) is 0 Å². The van der Waals surface area contributed by atoms with Gasteiger partial charge in [0.15, 0.2) is 5.78 Å². The van der Waals surface area contributed by atoms with Crippen molar-refractivity contribution in [3.05, 3.63) is 65.4 Å². The molecule has 0 aliphatic heterocycles. The van der Waals surface area contributed by atoms with Gasteiger partial charge in [-0.05, 0) is 62.1 Å². The first-order valence-electron chi connectivity index (χ1n) is 9.98. The first-order chi connectivity index (χ1) is 13.3.